The van der Waals surface area contributed by atoms with Gasteiger partial charge in [-0.05, 0) is 43.9 Å². The van der Waals surface area contributed by atoms with Gasteiger partial charge in [-0.15, -0.1) is 0 Å². The minimum atomic E-state index is 0.964. The summed E-state index contributed by atoms with van der Waals surface area (Å²) in [5, 5.41) is 0. The minimum Gasteiger partial charge on any atom is -0.0822 e. The first-order valence-corrected chi connectivity index (χ1v) is 4.93. The quantitative estimate of drug-likeness (QED) is 0.464. The second kappa shape index (κ2) is 2.66. The van der Waals surface area contributed by atoms with E-state index < -0.39 is 0 Å². The zero-order valence-electron chi connectivity index (χ0n) is 7.64. The summed E-state index contributed by atoms with van der Waals surface area (Å²) in [4.78, 5) is 0. The van der Waals surface area contributed by atoms with Crippen LogP contribution in [0.3, 0.4) is 0 Å². The second-order valence-corrected chi connectivity index (χ2v) is 4.56. The van der Waals surface area contributed by atoms with Crippen LogP contribution in [0.4, 0.5) is 0 Å². The fraction of sp³-hybridized carbons (Fsp3) is 0.818. The van der Waals surface area contributed by atoms with Crippen molar-refractivity contribution in [2.45, 2.75) is 39.5 Å². The standard InChI is InChI=1S/C11H18/c1-8-3-4-10-6-9(2)7-11(10)5-8/h6,8,10-11H,3-5,7H2,1-2H3. The van der Waals surface area contributed by atoms with Gasteiger partial charge in [0.05, 0.1) is 0 Å². The molecule has 2 aliphatic rings. The van der Waals surface area contributed by atoms with Crippen molar-refractivity contribution in [3.8, 4) is 0 Å². The van der Waals surface area contributed by atoms with E-state index in [1.165, 1.54) is 25.7 Å². The molecule has 0 radical (unpaired) electrons. The summed E-state index contributed by atoms with van der Waals surface area (Å²) in [6.45, 7) is 4.70. The third kappa shape index (κ3) is 1.36. The lowest BCUT2D eigenvalue weighted by atomic mass is 9.76. The Labute approximate surface area is 69.7 Å². The van der Waals surface area contributed by atoms with Crippen molar-refractivity contribution in [2.24, 2.45) is 17.8 Å². The van der Waals surface area contributed by atoms with Gasteiger partial charge in [-0.1, -0.05) is 25.0 Å². The Bertz CT molecular complexity index is 178. The van der Waals surface area contributed by atoms with Crippen molar-refractivity contribution >= 4 is 0 Å². The van der Waals surface area contributed by atoms with Crippen molar-refractivity contribution in [3.63, 3.8) is 0 Å². The summed E-state index contributed by atoms with van der Waals surface area (Å²) >= 11 is 0. The first-order chi connectivity index (χ1) is 5.25. The Morgan fingerprint density at radius 3 is 3.00 bits per heavy atom. The van der Waals surface area contributed by atoms with E-state index >= 15 is 0 Å². The van der Waals surface area contributed by atoms with E-state index in [9.17, 15) is 0 Å². The minimum absolute atomic E-state index is 0.964. The highest BCUT2D eigenvalue weighted by Crippen LogP contribution is 2.42. The summed E-state index contributed by atoms with van der Waals surface area (Å²) in [7, 11) is 0. The van der Waals surface area contributed by atoms with Crippen LogP contribution in [0, 0.1) is 17.8 Å². The molecule has 0 nitrogen and oxygen atoms in total. The van der Waals surface area contributed by atoms with Gasteiger partial charge in [0, 0.05) is 0 Å². The van der Waals surface area contributed by atoms with Crippen LogP contribution in [0.15, 0.2) is 11.6 Å². The van der Waals surface area contributed by atoms with Crippen LogP contribution >= 0.6 is 0 Å². The maximum Gasteiger partial charge on any atom is -0.0199 e. The van der Waals surface area contributed by atoms with Gasteiger partial charge in [0.2, 0.25) is 0 Å². The van der Waals surface area contributed by atoms with Crippen molar-refractivity contribution in [1.29, 1.82) is 0 Å². The Hall–Kier alpha value is -0.260. The first-order valence-electron chi connectivity index (χ1n) is 4.93. The Morgan fingerprint density at radius 1 is 1.36 bits per heavy atom. The van der Waals surface area contributed by atoms with Gasteiger partial charge in [-0.2, -0.15) is 0 Å². The fourth-order valence-electron chi connectivity index (χ4n) is 2.82. The lowest BCUT2D eigenvalue weighted by molar-refractivity contribution is 0.240. The van der Waals surface area contributed by atoms with Gasteiger partial charge in [-0.3, -0.25) is 0 Å². The molecule has 0 aromatic rings. The zero-order chi connectivity index (χ0) is 7.84. The monoisotopic (exact) mass is 150 g/mol. The van der Waals surface area contributed by atoms with Crippen LogP contribution in [0.25, 0.3) is 0 Å². The molecule has 62 valence electrons. The molecule has 0 N–H and O–H groups in total. The molecule has 0 saturated heterocycles. The van der Waals surface area contributed by atoms with Crippen LogP contribution in [0.2, 0.25) is 0 Å². The molecule has 3 unspecified atom stereocenters. The van der Waals surface area contributed by atoms with Crippen LogP contribution in [-0.4, -0.2) is 0 Å². The summed E-state index contributed by atoms with van der Waals surface area (Å²) in [6.07, 6.45) is 8.33. The van der Waals surface area contributed by atoms with Crippen molar-refractivity contribution in [3.05, 3.63) is 11.6 Å². The molecule has 0 amide bonds. The van der Waals surface area contributed by atoms with Gasteiger partial charge >= 0.3 is 0 Å². The van der Waals surface area contributed by atoms with Gasteiger partial charge < -0.3 is 0 Å². The fourth-order valence-corrected chi connectivity index (χ4v) is 2.82. The average Bonchev–Trinajstić information content (AvgIpc) is 2.27. The molecule has 0 bridgehead atoms. The maximum atomic E-state index is 2.52. The van der Waals surface area contributed by atoms with E-state index in [-0.39, 0.29) is 0 Å². The molecule has 3 atom stereocenters. The van der Waals surface area contributed by atoms with Gasteiger partial charge in [0.1, 0.15) is 0 Å². The van der Waals surface area contributed by atoms with E-state index in [0.717, 1.165) is 17.8 Å². The predicted molar refractivity (Wildman–Crippen MR) is 48.4 cm³/mol. The van der Waals surface area contributed by atoms with Crippen LogP contribution in [0.5, 0.6) is 0 Å². The van der Waals surface area contributed by atoms with E-state index in [2.05, 4.69) is 19.9 Å². The molecule has 2 rings (SSSR count). The molecular formula is C11H18. The van der Waals surface area contributed by atoms with E-state index in [1.807, 2.05) is 0 Å². The highest BCUT2D eigenvalue weighted by molar-refractivity contribution is 5.12. The Morgan fingerprint density at radius 2 is 2.18 bits per heavy atom. The van der Waals surface area contributed by atoms with Gasteiger partial charge in [-0.25, -0.2) is 0 Å². The van der Waals surface area contributed by atoms with Crippen LogP contribution < -0.4 is 0 Å². The molecule has 2 aliphatic carbocycles. The highest BCUT2D eigenvalue weighted by atomic mass is 14.4. The molecular weight excluding hydrogens is 132 g/mol. The molecule has 0 aromatic carbocycles. The van der Waals surface area contributed by atoms with E-state index in [0.29, 0.717) is 0 Å². The molecule has 11 heavy (non-hydrogen) atoms. The molecule has 1 saturated carbocycles. The normalized spacial score (nSPS) is 43.5. The molecule has 1 fully saturated rings. The van der Waals surface area contributed by atoms with Crippen LogP contribution in [-0.2, 0) is 0 Å². The highest BCUT2D eigenvalue weighted by Gasteiger charge is 2.30. The summed E-state index contributed by atoms with van der Waals surface area (Å²) in [6, 6.07) is 0. The average molecular weight is 150 g/mol. The lowest BCUT2D eigenvalue weighted by Crippen LogP contribution is -2.18. The van der Waals surface area contributed by atoms with Gasteiger partial charge in [0.25, 0.3) is 0 Å². The molecule has 0 heteroatoms. The zero-order valence-corrected chi connectivity index (χ0v) is 7.64. The smallest absolute Gasteiger partial charge is 0.0199 e. The maximum absolute atomic E-state index is 2.52. The molecule has 0 aliphatic heterocycles. The third-order valence-electron chi connectivity index (χ3n) is 3.39. The SMILES string of the molecule is CC1=CC2CCC(C)CC2C1. The number of hydrogen-bond donors (Lipinski definition) is 0. The topological polar surface area (TPSA) is 0 Å². The predicted octanol–water partition coefficient (Wildman–Crippen LogP) is 3.39. The second-order valence-electron chi connectivity index (χ2n) is 4.56. The number of fused-ring (bicyclic) bond motifs is 1. The lowest BCUT2D eigenvalue weighted by Gasteiger charge is -2.29. The Balaban J connectivity index is 2.03. The molecule has 0 aromatic heterocycles. The number of hydrogen-bond acceptors (Lipinski definition) is 0. The van der Waals surface area contributed by atoms with Crippen molar-refractivity contribution in [2.75, 3.05) is 0 Å². The largest absolute Gasteiger partial charge is 0.0822 e. The van der Waals surface area contributed by atoms with Crippen LogP contribution in [0.1, 0.15) is 39.5 Å². The van der Waals surface area contributed by atoms with Gasteiger partial charge in [0.15, 0.2) is 0 Å². The number of allylic oxidation sites excluding steroid dienone is 2. The van der Waals surface area contributed by atoms with E-state index in [4.69, 9.17) is 0 Å². The molecule has 0 spiro atoms. The summed E-state index contributed by atoms with van der Waals surface area (Å²) in [5.41, 5.74) is 1.65. The first kappa shape index (κ1) is 7.39. The Kier molecular flexibility index (Phi) is 1.78. The van der Waals surface area contributed by atoms with Crippen molar-refractivity contribution in [1.82, 2.24) is 0 Å². The van der Waals surface area contributed by atoms with Crippen molar-refractivity contribution < 1.29 is 0 Å². The number of rotatable bonds is 0. The summed E-state index contributed by atoms with van der Waals surface area (Å²) < 4.78 is 0. The van der Waals surface area contributed by atoms with E-state index in [1.54, 1.807) is 5.57 Å². The third-order valence-corrected chi connectivity index (χ3v) is 3.39. The molecule has 0 heterocycles. The summed E-state index contributed by atoms with van der Waals surface area (Å²) in [5.74, 6) is 2.99.